The van der Waals surface area contributed by atoms with Crippen molar-refractivity contribution >= 4 is 33.2 Å². The summed E-state index contributed by atoms with van der Waals surface area (Å²) < 4.78 is 26.9. The summed E-state index contributed by atoms with van der Waals surface area (Å²) in [6.07, 6.45) is 1.64. The van der Waals surface area contributed by atoms with Crippen LogP contribution in [0.2, 0.25) is 5.02 Å². The maximum absolute atomic E-state index is 12.7. The topological polar surface area (TPSA) is 90.3 Å². The van der Waals surface area contributed by atoms with Crippen molar-refractivity contribution in [3.63, 3.8) is 0 Å². The SMILES string of the molecule is N#Cc1cccc(C(=O)Nc2ccc(Cl)c(S(=O)(=O)N3CCCC3)c2)c1. The lowest BCUT2D eigenvalue weighted by Crippen LogP contribution is -2.28. The quantitative estimate of drug-likeness (QED) is 0.868. The molecule has 0 saturated carbocycles. The normalized spacial score (nSPS) is 14.8. The van der Waals surface area contributed by atoms with Gasteiger partial charge in [0.2, 0.25) is 10.0 Å². The van der Waals surface area contributed by atoms with Crippen LogP contribution in [0.4, 0.5) is 5.69 Å². The highest BCUT2D eigenvalue weighted by molar-refractivity contribution is 7.89. The predicted octanol–water partition coefficient (Wildman–Crippen LogP) is 3.25. The van der Waals surface area contributed by atoms with Gasteiger partial charge < -0.3 is 5.32 Å². The van der Waals surface area contributed by atoms with Gasteiger partial charge in [-0.1, -0.05) is 17.7 Å². The van der Waals surface area contributed by atoms with Crippen molar-refractivity contribution in [3.05, 3.63) is 58.6 Å². The average Bonchev–Trinajstić information content (AvgIpc) is 3.19. The second-order valence-corrected chi connectivity index (χ2v) is 8.22. The maximum atomic E-state index is 12.7. The fraction of sp³-hybridized carbons (Fsp3) is 0.222. The number of nitriles is 1. The van der Waals surface area contributed by atoms with E-state index in [1.54, 1.807) is 18.2 Å². The first-order chi connectivity index (χ1) is 12.4. The molecule has 134 valence electrons. The lowest BCUT2D eigenvalue weighted by atomic mass is 10.1. The van der Waals surface area contributed by atoms with Gasteiger partial charge in [-0.3, -0.25) is 4.79 Å². The number of anilines is 1. The molecule has 1 amide bonds. The summed E-state index contributed by atoms with van der Waals surface area (Å²) in [5.74, 6) is -0.436. The van der Waals surface area contributed by atoms with E-state index in [0.29, 0.717) is 29.9 Å². The van der Waals surface area contributed by atoms with Crippen LogP contribution in [0.5, 0.6) is 0 Å². The second kappa shape index (κ2) is 7.46. The fourth-order valence-electron chi connectivity index (χ4n) is 2.78. The van der Waals surface area contributed by atoms with Crippen LogP contribution in [-0.2, 0) is 10.0 Å². The first-order valence-corrected chi connectivity index (χ1v) is 9.85. The summed E-state index contributed by atoms with van der Waals surface area (Å²) in [7, 11) is -3.70. The molecule has 8 heteroatoms. The van der Waals surface area contributed by atoms with Crippen molar-refractivity contribution in [2.75, 3.05) is 18.4 Å². The van der Waals surface area contributed by atoms with Gasteiger partial charge >= 0.3 is 0 Å². The van der Waals surface area contributed by atoms with Crippen LogP contribution in [0.15, 0.2) is 47.4 Å². The Labute approximate surface area is 157 Å². The van der Waals surface area contributed by atoms with Gasteiger partial charge in [0.15, 0.2) is 0 Å². The Morgan fingerprint density at radius 1 is 1.15 bits per heavy atom. The number of rotatable bonds is 4. The molecular weight excluding hydrogens is 374 g/mol. The van der Waals surface area contributed by atoms with Crippen molar-refractivity contribution in [2.24, 2.45) is 0 Å². The predicted molar refractivity (Wildman–Crippen MR) is 98.6 cm³/mol. The first-order valence-electron chi connectivity index (χ1n) is 8.03. The highest BCUT2D eigenvalue weighted by Crippen LogP contribution is 2.29. The Hall–Kier alpha value is -2.40. The monoisotopic (exact) mass is 389 g/mol. The summed E-state index contributed by atoms with van der Waals surface area (Å²) in [5, 5.41) is 11.7. The number of hydrogen-bond donors (Lipinski definition) is 1. The summed E-state index contributed by atoms with van der Waals surface area (Å²) in [4.78, 5) is 12.3. The zero-order valence-corrected chi connectivity index (χ0v) is 15.3. The van der Waals surface area contributed by atoms with Crippen molar-refractivity contribution in [2.45, 2.75) is 17.7 Å². The van der Waals surface area contributed by atoms with Gasteiger partial charge in [-0.05, 0) is 49.2 Å². The third-order valence-corrected chi connectivity index (χ3v) is 6.51. The third kappa shape index (κ3) is 3.73. The molecule has 1 heterocycles. The molecule has 2 aromatic carbocycles. The van der Waals surface area contributed by atoms with E-state index in [0.717, 1.165) is 12.8 Å². The van der Waals surface area contributed by atoms with E-state index in [2.05, 4.69) is 5.32 Å². The van der Waals surface area contributed by atoms with Gasteiger partial charge in [-0.25, -0.2) is 8.42 Å². The zero-order chi connectivity index (χ0) is 18.7. The van der Waals surface area contributed by atoms with Crippen LogP contribution in [0.1, 0.15) is 28.8 Å². The number of nitrogens with one attached hydrogen (secondary N) is 1. The standard InChI is InChI=1S/C18H16ClN3O3S/c19-16-7-6-15(11-17(16)26(24,25)22-8-1-2-9-22)21-18(23)14-5-3-4-13(10-14)12-20/h3-7,10-11H,1-2,8-9H2,(H,21,23). The van der Waals surface area contributed by atoms with E-state index in [9.17, 15) is 13.2 Å². The number of benzene rings is 2. The van der Waals surface area contributed by atoms with E-state index in [-0.39, 0.29) is 9.92 Å². The number of hydrogen-bond acceptors (Lipinski definition) is 4. The lowest BCUT2D eigenvalue weighted by molar-refractivity contribution is 0.102. The Morgan fingerprint density at radius 3 is 2.58 bits per heavy atom. The summed E-state index contributed by atoms with van der Waals surface area (Å²) in [6.45, 7) is 0.937. The molecule has 2 aromatic rings. The van der Waals surface area contributed by atoms with E-state index >= 15 is 0 Å². The van der Waals surface area contributed by atoms with E-state index in [1.807, 2.05) is 6.07 Å². The number of sulfonamides is 1. The Bertz CT molecular complexity index is 993. The van der Waals surface area contributed by atoms with E-state index in [1.165, 1.54) is 28.6 Å². The number of amides is 1. The third-order valence-electron chi connectivity index (χ3n) is 4.13. The summed E-state index contributed by atoms with van der Waals surface area (Å²) >= 11 is 6.10. The van der Waals surface area contributed by atoms with Crippen molar-refractivity contribution in [1.82, 2.24) is 4.31 Å². The van der Waals surface area contributed by atoms with Gasteiger partial charge in [0, 0.05) is 24.3 Å². The highest BCUT2D eigenvalue weighted by atomic mass is 35.5. The Kier molecular flexibility index (Phi) is 5.28. The molecule has 3 rings (SSSR count). The molecule has 0 bridgehead atoms. The summed E-state index contributed by atoms with van der Waals surface area (Å²) in [6, 6.07) is 12.6. The van der Waals surface area contributed by atoms with Gasteiger partial charge in [0.1, 0.15) is 4.90 Å². The number of nitrogens with zero attached hydrogens (tertiary/aromatic N) is 2. The summed E-state index contributed by atoms with van der Waals surface area (Å²) in [5.41, 5.74) is 0.994. The van der Waals surface area contributed by atoms with Crippen LogP contribution < -0.4 is 5.32 Å². The van der Waals surface area contributed by atoms with E-state index in [4.69, 9.17) is 16.9 Å². The molecule has 1 saturated heterocycles. The van der Waals surface area contributed by atoms with E-state index < -0.39 is 15.9 Å². The number of halogens is 1. The van der Waals surface area contributed by atoms with Crippen LogP contribution >= 0.6 is 11.6 Å². The molecule has 6 nitrogen and oxygen atoms in total. The second-order valence-electron chi connectivity index (χ2n) is 5.90. The highest BCUT2D eigenvalue weighted by Gasteiger charge is 2.29. The van der Waals surface area contributed by atoms with Crippen molar-refractivity contribution in [1.29, 1.82) is 5.26 Å². The first kappa shape index (κ1) is 18.4. The molecule has 0 aliphatic carbocycles. The largest absolute Gasteiger partial charge is 0.322 e. The molecule has 26 heavy (non-hydrogen) atoms. The molecule has 1 fully saturated rings. The molecule has 0 atom stereocenters. The molecule has 0 unspecified atom stereocenters. The Balaban J connectivity index is 1.88. The van der Waals surface area contributed by atoms with Crippen LogP contribution in [0.3, 0.4) is 0 Å². The molecule has 1 aliphatic heterocycles. The van der Waals surface area contributed by atoms with Gasteiger partial charge in [0.25, 0.3) is 5.91 Å². The molecule has 0 radical (unpaired) electrons. The van der Waals surface area contributed by atoms with Crippen molar-refractivity contribution in [3.8, 4) is 6.07 Å². The van der Waals surface area contributed by atoms with Crippen LogP contribution in [-0.4, -0.2) is 31.7 Å². The lowest BCUT2D eigenvalue weighted by Gasteiger charge is -2.17. The molecule has 1 N–H and O–H groups in total. The number of carbonyl (C=O) groups excluding carboxylic acids is 1. The van der Waals surface area contributed by atoms with Crippen LogP contribution in [0, 0.1) is 11.3 Å². The zero-order valence-electron chi connectivity index (χ0n) is 13.8. The number of carbonyl (C=O) groups is 1. The van der Waals surface area contributed by atoms with Gasteiger partial charge in [-0.15, -0.1) is 0 Å². The van der Waals surface area contributed by atoms with Crippen molar-refractivity contribution < 1.29 is 13.2 Å². The molecule has 0 spiro atoms. The van der Waals surface area contributed by atoms with Crippen LogP contribution in [0.25, 0.3) is 0 Å². The average molecular weight is 390 g/mol. The molecular formula is C18H16ClN3O3S. The van der Waals surface area contributed by atoms with Gasteiger partial charge in [-0.2, -0.15) is 9.57 Å². The van der Waals surface area contributed by atoms with Gasteiger partial charge in [0.05, 0.1) is 16.7 Å². The Morgan fingerprint density at radius 2 is 1.88 bits per heavy atom. The smallest absolute Gasteiger partial charge is 0.255 e. The minimum Gasteiger partial charge on any atom is -0.322 e. The fourth-order valence-corrected chi connectivity index (χ4v) is 4.80. The minimum absolute atomic E-state index is 0.0235. The maximum Gasteiger partial charge on any atom is 0.255 e. The molecule has 0 aromatic heterocycles. The minimum atomic E-state index is -3.70. The molecule has 1 aliphatic rings.